The topological polar surface area (TPSA) is 42.9 Å². The second-order valence-electron chi connectivity index (χ2n) is 5.70. The Labute approximate surface area is 130 Å². The van der Waals surface area contributed by atoms with Crippen molar-refractivity contribution in [1.82, 2.24) is 5.32 Å². The molecule has 1 N–H and O–H groups in total. The van der Waals surface area contributed by atoms with E-state index in [1.54, 1.807) is 0 Å². The molecule has 2 heterocycles. The quantitative estimate of drug-likeness (QED) is 0.929. The molecule has 0 amide bonds. The fourth-order valence-corrected chi connectivity index (χ4v) is 3.43. The second kappa shape index (κ2) is 6.60. The zero-order chi connectivity index (χ0) is 14.7. The molecule has 0 radical (unpaired) electrons. The van der Waals surface area contributed by atoms with E-state index in [-0.39, 0.29) is 0 Å². The highest BCUT2D eigenvalue weighted by atomic mass is 32.2. The van der Waals surface area contributed by atoms with E-state index in [9.17, 15) is 0 Å². The molecule has 1 atom stereocenters. The average molecular weight is 306 g/mol. The Hall–Kier alpha value is -1.36. The second-order valence-corrected chi connectivity index (χ2v) is 6.93. The maximum atomic E-state index is 5.61. The molecule has 21 heavy (non-hydrogen) atoms. The number of nitrogens with one attached hydrogen (secondary N) is 1. The van der Waals surface area contributed by atoms with Gasteiger partial charge in [-0.05, 0) is 30.0 Å². The Morgan fingerprint density at radius 3 is 2.86 bits per heavy atom. The van der Waals surface area contributed by atoms with Gasteiger partial charge >= 0.3 is 0 Å². The van der Waals surface area contributed by atoms with Crippen LogP contribution < -0.4 is 14.8 Å². The summed E-state index contributed by atoms with van der Waals surface area (Å²) in [5.41, 5.74) is 1.26. The molecule has 0 bridgehead atoms. The molecule has 1 unspecified atom stereocenters. The van der Waals surface area contributed by atoms with Crippen molar-refractivity contribution in [2.45, 2.75) is 25.5 Å². The summed E-state index contributed by atoms with van der Waals surface area (Å²) in [6.07, 6.45) is 0.961. The van der Waals surface area contributed by atoms with Gasteiger partial charge in [0.05, 0.1) is 6.54 Å². The molecule has 3 rings (SSSR count). The van der Waals surface area contributed by atoms with Crippen molar-refractivity contribution in [2.75, 3.05) is 26.3 Å². The van der Waals surface area contributed by atoms with E-state index in [1.165, 1.54) is 5.56 Å². The summed E-state index contributed by atoms with van der Waals surface area (Å²) in [6.45, 7) is 7.63. The van der Waals surface area contributed by atoms with E-state index in [1.807, 2.05) is 17.8 Å². The standard InChI is InChI=1S/C16H22N2O2S/c1-11(2)15-10-18-16(21-15)17-6-5-12-3-4-13-14(9-12)20-8-7-19-13/h3-4,9,11,15H,5-8,10H2,1-2H3,(H,17,18). The highest BCUT2D eigenvalue weighted by Gasteiger charge is 2.22. The van der Waals surface area contributed by atoms with E-state index in [0.717, 1.165) is 36.2 Å². The van der Waals surface area contributed by atoms with Crippen molar-refractivity contribution in [3.8, 4) is 11.5 Å². The van der Waals surface area contributed by atoms with Gasteiger partial charge in [0.1, 0.15) is 13.2 Å². The van der Waals surface area contributed by atoms with Crippen molar-refractivity contribution in [3.05, 3.63) is 23.8 Å². The molecule has 5 heteroatoms. The average Bonchev–Trinajstić information content (AvgIpc) is 2.96. The molecule has 0 spiro atoms. The van der Waals surface area contributed by atoms with Gasteiger partial charge in [-0.3, -0.25) is 4.99 Å². The molecule has 0 saturated carbocycles. The summed E-state index contributed by atoms with van der Waals surface area (Å²) >= 11 is 1.87. The molecular formula is C16H22N2O2S. The predicted octanol–water partition coefficient (Wildman–Crippen LogP) is 2.72. The van der Waals surface area contributed by atoms with Crippen LogP contribution in [0.5, 0.6) is 11.5 Å². The van der Waals surface area contributed by atoms with Crippen LogP contribution in [-0.4, -0.2) is 36.7 Å². The van der Waals surface area contributed by atoms with E-state index >= 15 is 0 Å². The van der Waals surface area contributed by atoms with Crippen molar-refractivity contribution in [1.29, 1.82) is 0 Å². The zero-order valence-corrected chi connectivity index (χ0v) is 13.4. The fourth-order valence-electron chi connectivity index (χ4n) is 2.39. The molecule has 0 aromatic heterocycles. The molecule has 1 aromatic rings. The minimum Gasteiger partial charge on any atom is -0.486 e. The molecule has 4 nitrogen and oxygen atoms in total. The Kier molecular flexibility index (Phi) is 4.58. The summed E-state index contributed by atoms with van der Waals surface area (Å²) in [6, 6.07) is 6.19. The van der Waals surface area contributed by atoms with Crippen LogP contribution in [0.1, 0.15) is 19.4 Å². The number of hydrogen-bond donors (Lipinski definition) is 1. The number of rotatable bonds is 4. The Morgan fingerprint density at radius 2 is 2.10 bits per heavy atom. The van der Waals surface area contributed by atoms with Gasteiger partial charge in [0, 0.05) is 11.8 Å². The van der Waals surface area contributed by atoms with Crippen molar-refractivity contribution in [2.24, 2.45) is 10.9 Å². The SMILES string of the molecule is CC(C)C1CN=C(NCCc2ccc3c(c2)OCCO3)S1. The lowest BCUT2D eigenvalue weighted by Gasteiger charge is -2.19. The van der Waals surface area contributed by atoms with E-state index in [0.29, 0.717) is 24.4 Å². The smallest absolute Gasteiger partial charge is 0.161 e. The summed E-state index contributed by atoms with van der Waals surface area (Å²) in [5, 5.41) is 5.15. The first-order valence-corrected chi connectivity index (χ1v) is 8.44. The van der Waals surface area contributed by atoms with Gasteiger partial charge in [0.25, 0.3) is 0 Å². The Balaban J connectivity index is 1.48. The van der Waals surface area contributed by atoms with Gasteiger partial charge in [-0.25, -0.2) is 0 Å². The van der Waals surface area contributed by atoms with Gasteiger partial charge in [-0.15, -0.1) is 0 Å². The third-order valence-electron chi connectivity index (χ3n) is 3.72. The fraction of sp³-hybridized carbons (Fsp3) is 0.562. The molecule has 1 aromatic carbocycles. The van der Waals surface area contributed by atoms with Gasteiger partial charge in [-0.2, -0.15) is 0 Å². The highest BCUT2D eigenvalue weighted by Crippen LogP contribution is 2.31. The van der Waals surface area contributed by atoms with Gasteiger partial charge < -0.3 is 14.8 Å². The number of thioether (sulfide) groups is 1. The lowest BCUT2D eigenvalue weighted by Crippen LogP contribution is -2.23. The van der Waals surface area contributed by atoms with Crippen LogP contribution >= 0.6 is 11.8 Å². The van der Waals surface area contributed by atoms with Crippen LogP contribution in [0.3, 0.4) is 0 Å². The van der Waals surface area contributed by atoms with Crippen LogP contribution in [0.25, 0.3) is 0 Å². The molecule has 2 aliphatic rings. The Morgan fingerprint density at radius 1 is 1.29 bits per heavy atom. The number of hydrogen-bond acceptors (Lipinski definition) is 5. The maximum absolute atomic E-state index is 5.61. The third-order valence-corrected chi connectivity index (χ3v) is 5.21. The van der Waals surface area contributed by atoms with Gasteiger partial charge in [0.2, 0.25) is 0 Å². The van der Waals surface area contributed by atoms with Crippen LogP contribution in [-0.2, 0) is 6.42 Å². The predicted molar refractivity (Wildman–Crippen MR) is 87.7 cm³/mol. The molecule has 0 saturated heterocycles. The van der Waals surface area contributed by atoms with Gasteiger partial charge in [0.15, 0.2) is 16.7 Å². The van der Waals surface area contributed by atoms with E-state index in [2.05, 4.69) is 36.3 Å². The molecule has 114 valence electrons. The minimum atomic E-state index is 0.627. The van der Waals surface area contributed by atoms with Crippen molar-refractivity contribution < 1.29 is 9.47 Å². The summed E-state index contributed by atoms with van der Waals surface area (Å²) in [4.78, 5) is 4.56. The van der Waals surface area contributed by atoms with Crippen LogP contribution in [0.15, 0.2) is 23.2 Å². The first-order valence-electron chi connectivity index (χ1n) is 7.56. The van der Waals surface area contributed by atoms with Gasteiger partial charge in [-0.1, -0.05) is 31.7 Å². The monoisotopic (exact) mass is 306 g/mol. The normalized spacial score (nSPS) is 20.5. The lowest BCUT2D eigenvalue weighted by molar-refractivity contribution is 0.171. The molecule has 0 aliphatic carbocycles. The van der Waals surface area contributed by atoms with E-state index < -0.39 is 0 Å². The first kappa shape index (κ1) is 14.6. The maximum Gasteiger partial charge on any atom is 0.161 e. The number of benzene rings is 1. The molecule has 2 aliphatic heterocycles. The largest absolute Gasteiger partial charge is 0.486 e. The van der Waals surface area contributed by atoms with Crippen molar-refractivity contribution >= 4 is 16.9 Å². The number of aliphatic imine (C=N–C) groups is 1. The number of nitrogens with zero attached hydrogens (tertiary/aromatic N) is 1. The first-order chi connectivity index (χ1) is 10.2. The number of fused-ring (bicyclic) bond motifs is 1. The molecule has 0 fully saturated rings. The lowest BCUT2D eigenvalue weighted by atomic mass is 10.1. The van der Waals surface area contributed by atoms with Crippen molar-refractivity contribution in [3.63, 3.8) is 0 Å². The summed E-state index contributed by atoms with van der Waals surface area (Å²) < 4.78 is 11.1. The zero-order valence-electron chi connectivity index (χ0n) is 12.6. The highest BCUT2D eigenvalue weighted by molar-refractivity contribution is 8.14. The van der Waals surface area contributed by atoms with Crippen LogP contribution in [0.4, 0.5) is 0 Å². The molecular weight excluding hydrogens is 284 g/mol. The van der Waals surface area contributed by atoms with Crippen LogP contribution in [0, 0.1) is 5.92 Å². The minimum absolute atomic E-state index is 0.627. The number of amidine groups is 1. The van der Waals surface area contributed by atoms with Crippen LogP contribution in [0.2, 0.25) is 0 Å². The third kappa shape index (κ3) is 3.64. The number of ether oxygens (including phenoxy) is 2. The van der Waals surface area contributed by atoms with E-state index in [4.69, 9.17) is 9.47 Å². The summed E-state index contributed by atoms with van der Waals surface area (Å²) in [5.74, 6) is 2.40. The Bertz CT molecular complexity index is 531. The summed E-state index contributed by atoms with van der Waals surface area (Å²) in [7, 11) is 0.